The van der Waals surface area contributed by atoms with Crippen molar-refractivity contribution in [2.75, 3.05) is 6.54 Å². The van der Waals surface area contributed by atoms with Gasteiger partial charge in [0.2, 0.25) is 0 Å². The second-order valence-electron chi connectivity index (χ2n) is 4.65. The van der Waals surface area contributed by atoms with Gasteiger partial charge < -0.3 is 5.73 Å². The van der Waals surface area contributed by atoms with Crippen molar-refractivity contribution in [1.29, 1.82) is 0 Å². The molecule has 1 aromatic carbocycles. The summed E-state index contributed by atoms with van der Waals surface area (Å²) in [7, 11) is 0. The van der Waals surface area contributed by atoms with E-state index < -0.39 is 0 Å². The van der Waals surface area contributed by atoms with Crippen LogP contribution in [0.4, 0.5) is 0 Å². The van der Waals surface area contributed by atoms with Gasteiger partial charge in [0.15, 0.2) is 0 Å². The van der Waals surface area contributed by atoms with E-state index in [1.54, 1.807) is 0 Å². The lowest BCUT2D eigenvalue weighted by Gasteiger charge is -2.21. The molecule has 0 saturated heterocycles. The summed E-state index contributed by atoms with van der Waals surface area (Å²) < 4.78 is 0. The number of fused-ring (bicyclic) bond motifs is 1. The molecule has 1 aliphatic carbocycles. The zero-order chi connectivity index (χ0) is 12.5. The molecule has 0 heterocycles. The first-order valence-electron chi connectivity index (χ1n) is 6.71. The van der Waals surface area contributed by atoms with Crippen LogP contribution < -0.4 is 5.73 Å². The van der Waals surface area contributed by atoms with Gasteiger partial charge in [-0.25, -0.2) is 0 Å². The normalized spacial score (nSPS) is 17.6. The highest BCUT2D eigenvalue weighted by Gasteiger charge is 2.14. The molecule has 0 aliphatic heterocycles. The van der Waals surface area contributed by atoms with E-state index in [4.69, 9.17) is 5.73 Å². The summed E-state index contributed by atoms with van der Waals surface area (Å²) in [5.41, 5.74) is 8.20. The Labute approximate surface area is 106 Å². The molecule has 2 rings (SSSR count). The van der Waals surface area contributed by atoms with Crippen molar-refractivity contribution in [3.8, 4) is 0 Å². The minimum atomic E-state index is 0.708. The van der Waals surface area contributed by atoms with E-state index in [9.17, 15) is 0 Å². The quantitative estimate of drug-likeness (QED) is 0.788. The van der Waals surface area contributed by atoms with Crippen LogP contribution in [-0.2, 0) is 12.8 Å². The van der Waals surface area contributed by atoms with E-state index in [2.05, 4.69) is 43.8 Å². The zero-order valence-electron chi connectivity index (χ0n) is 11.0. The molecule has 0 amide bonds. The molecule has 1 aromatic rings. The third kappa shape index (κ3) is 4.74. The van der Waals surface area contributed by atoms with E-state index in [0.717, 1.165) is 6.54 Å². The topological polar surface area (TPSA) is 26.0 Å². The highest BCUT2D eigenvalue weighted by atomic mass is 14.5. The Morgan fingerprint density at radius 2 is 2.06 bits per heavy atom. The van der Waals surface area contributed by atoms with Crippen LogP contribution in [0.2, 0.25) is 0 Å². The summed E-state index contributed by atoms with van der Waals surface area (Å²) >= 11 is 0. The van der Waals surface area contributed by atoms with Gasteiger partial charge in [-0.15, -0.1) is 6.58 Å². The molecule has 17 heavy (non-hydrogen) atoms. The fraction of sp³-hybridized carbons (Fsp3) is 0.500. The van der Waals surface area contributed by atoms with Crippen LogP contribution in [0.15, 0.2) is 36.9 Å². The number of unbranched alkanes of at least 4 members (excludes halogenated alkanes) is 1. The number of aryl methyl sites for hydroxylation is 1. The van der Waals surface area contributed by atoms with E-state index in [1.165, 1.54) is 43.2 Å². The van der Waals surface area contributed by atoms with E-state index in [1.807, 2.05) is 0 Å². The van der Waals surface area contributed by atoms with Crippen molar-refractivity contribution in [2.24, 2.45) is 11.7 Å². The number of allylic oxidation sites excluding steroid dienone is 1. The molecule has 0 bridgehead atoms. The summed E-state index contributed by atoms with van der Waals surface area (Å²) in [6.45, 7) is 6.83. The van der Waals surface area contributed by atoms with Gasteiger partial charge >= 0.3 is 0 Å². The van der Waals surface area contributed by atoms with Crippen molar-refractivity contribution in [3.05, 3.63) is 48.0 Å². The molecule has 0 spiro atoms. The molecule has 0 fully saturated rings. The monoisotopic (exact) mass is 231 g/mol. The molecule has 1 heteroatoms. The molecule has 1 unspecified atom stereocenters. The minimum absolute atomic E-state index is 0.708. The summed E-state index contributed by atoms with van der Waals surface area (Å²) in [4.78, 5) is 0. The molecule has 0 saturated carbocycles. The second kappa shape index (κ2) is 8.08. The predicted octanol–water partition coefficient (Wildman–Crippen LogP) is 3.72. The molecular formula is C16H25N. The first kappa shape index (κ1) is 14.0. The fourth-order valence-electron chi connectivity index (χ4n) is 2.13. The molecule has 0 aromatic heterocycles. The molecule has 1 atom stereocenters. The third-order valence-electron chi connectivity index (χ3n) is 3.28. The Bertz CT molecular complexity index is 328. The van der Waals surface area contributed by atoms with Crippen molar-refractivity contribution < 1.29 is 0 Å². The number of hydrogen-bond donors (Lipinski definition) is 1. The van der Waals surface area contributed by atoms with Crippen molar-refractivity contribution in [2.45, 2.75) is 39.0 Å². The molecule has 0 radical (unpaired) electrons. The maximum atomic E-state index is 5.14. The van der Waals surface area contributed by atoms with Crippen molar-refractivity contribution in [3.63, 3.8) is 0 Å². The zero-order valence-corrected chi connectivity index (χ0v) is 11.0. The average molecular weight is 231 g/mol. The average Bonchev–Trinajstić information content (AvgIpc) is 2.40. The van der Waals surface area contributed by atoms with Crippen LogP contribution in [-0.4, -0.2) is 6.54 Å². The number of nitrogens with two attached hydrogens (primary N) is 1. The van der Waals surface area contributed by atoms with Gasteiger partial charge in [-0.3, -0.25) is 0 Å². The predicted molar refractivity (Wildman–Crippen MR) is 76.1 cm³/mol. The number of hydrogen-bond acceptors (Lipinski definition) is 1. The van der Waals surface area contributed by atoms with Crippen LogP contribution in [0.5, 0.6) is 0 Å². The van der Waals surface area contributed by atoms with Gasteiger partial charge in [-0.1, -0.05) is 43.7 Å². The lowest BCUT2D eigenvalue weighted by molar-refractivity contribution is 0.554. The Morgan fingerprint density at radius 3 is 2.59 bits per heavy atom. The van der Waals surface area contributed by atoms with E-state index >= 15 is 0 Å². The Morgan fingerprint density at radius 1 is 1.35 bits per heavy atom. The number of benzene rings is 1. The van der Waals surface area contributed by atoms with Gasteiger partial charge in [0.05, 0.1) is 0 Å². The standard InChI is InChI=1S/C12H14.C4H11N/c1-2-10-7-8-11-5-3-4-6-12(11)9-10;1-2-3-4-5/h2-6,10H,1,7-9H2;2-5H2,1H3. The summed E-state index contributed by atoms with van der Waals surface area (Å²) in [6, 6.07) is 8.75. The minimum Gasteiger partial charge on any atom is -0.330 e. The smallest absolute Gasteiger partial charge is 0.00774 e. The van der Waals surface area contributed by atoms with Gasteiger partial charge in [0, 0.05) is 0 Å². The van der Waals surface area contributed by atoms with E-state index in [-0.39, 0.29) is 0 Å². The van der Waals surface area contributed by atoms with Crippen LogP contribution in [0, 0.1) is 5.92 Å². The summed E-state index contributed by atoms with van der Waals surface area (Å²) in [5.74, 6) is 0.708. The summed E-state index contributed by atoms with van der Waals surface area (Å²) in [5, 5.41) is 0. The maximum Gasteiger partial charge on any atom is -0.00774 e. The maximum absolute atomic E-state index is 5.14. The van der Waals surface area contributed by atoms with Crippen LogP contribution >= 0.6 is 0 Å². The van der Waals surface area contributed by atoms with Gasteiger partial charge in [0.1, 0.15) is 0 Å². The first-order valence-corrected chi connectivity index (χ1v) is 6.71. The first-order chi connectivity index (χ1) is 8.31. The van der Waals surface area contributed by atoms with E-state index in [0.29, 0.717) is 5.92 Å². The molecule has 1 nitrogen and oxygen atoms in total. The van der Waals surface area contributed by atoms with Crippen molar-refractivity contribution in [1.82, 2.24) is 0 Å². The van der Waals surface area contributed by atoms with Crippen molar-refractivity contribution >= 4 is 0 Å². The van der Waals surface area contributed by atoms with Crippen LogP contribution in [0.3, 0.4) is 0 Å². The van der Waals surface area contributed by atoms with Gasteiger partial charge in [-0.05, 0) is 49.3 Å². The largest absolute Gasteiger partial charge is 0.330 e. The van der Waals surface area contributed by atoms with Crippen LogP contribution in [0.25, 0.3) is 0 Å². The molecular weight excluding hydrogens is 206 g/mol. The summed E-state index contributed by atoms with van der Waals surface area (Å²) in [6.07, 6.45) is 8.18. The molecule has 1 aliphatic rings. The lowest BCUT2D eigenvalue weighted by atomic mass is 9.84. The number of rotatable bonds is 3. The Balaban J connectivity index is 0.000000249. The molecule has 2 N–H and O–H groups in total. The SMILES string of the molecule is C=CC1CCc2ccccc2C1.CCCCN. The lowest BCUT2D eigenvalue weighted by Crippen LogP contribution is -2.11. The highest BCUT2D eigenvalue weighted by molar-refractivity contribution is 5.30. The third-order valence-corrected chi connectivity index (χ3v) is 3.28. The Hall–Kier alpha value is -1.08. The second-order valence-corrected chi connectivity index (χ2v) is 4.65. The fourth-order valence-corrected chi connectivity index (χ4v) is 2.13. The van der Waals surface area contributed by atoms with Gasteiger partial charge in [-0.2, -0.15) is 0 Å². The highest BCUT2D eigenvalue weighted by Crippen LogP contribution is 2.25. The van der Waals surface area contributed by atoms with Crippen LogP contribution in [0.1, 0.15) is 37.3 Å². The van der Waals surface area contributed by atoms with Gasteiger partial charge in [0.25, 0.3) is 0 Å². The molecule has 94 valence electrons. The Kier molecular flexibility index (Phi) is 6.64.